The van der Waals surface area contributed by atoms with Gasteiger partial charge in [0.1, 0.15) is 16.9 Å². The molecule has 29 heavy (non-hydrogen) atoms. The first-order valence-corrected chi connectivity index (χ1v) is 9.90. The fraction of sp³-hybridized carbons (Fsp3) is 0.273. The third-order valence-electron chi connectivity index (χ3n) is 6.20. The van der Waals surface area contributed by atoms with Gasteiger partial charge in [0.15, 0.2) is 5.65 Å². The predicted molar refractivity (Wildman–Crippen MR) is 106 cm³/mol. The van der Waals surface area contributed by atoms with E-state index >= 15 is 0 Å². The van der Waals surface area contributed by atoms with Crippen LogP contribution in [0.25, 0.3) is 16.9 Å². The second-order valence-electron chi connectivity index (χ2n) is 7.85. The van der Waals surface area contributed by atoms with E-state index in [9.17, 15) is 4.79 Å². The van der Waals surface area contributed by atoms with Crippen LogP contribution in [0.5, 0.6) is 0 Å². The number of carbonyl (C=O) groups excluding carboxylic acids is 1. The summed E-state index contributed by atoms with van der Waals surface area (Å²) in [6, 6.07) is 11.8. The molecule has 0 unspecified atom stereocenters. The second-order valence-corrected chi connectivity index (χ2v) is 7.85. The number of esters is 1. The van der Waals surface area contributed by atoms with Crippen LogP contribution in [-0.2, 0) is 10.3 Å². The van der Waals surface area contributed by atoms with Gasteiger partial charge in [-0.15, -0.1) is 5.10 Å². The zero-order valence-electron chi connectivity index (χ0n) is 15.7. The van der Waals surface area contributed by atoms with Crippen molar-refractivity contribution in [2.45, 2.75) is 37.2 Å². The van der Waals surface area contributed by atoms with E-state index in [1.54, 1.807) is 18.5 Å². The van der Waals surface area contributed by atoms with Crippen molar-refractivity contribution in [2.24, 2.45) is 0 Å². The van der Waals surface area contributed by atoms with Crippen molar-refractivity contribution in [1.29, 1.82) is 0 Å². The average Bonchev–Trinajstić information content (AvgIpc) is 3.41. The molecule has 1 N–H and O–H groups in total. The van der Waals surface area contributed by atoms with Crippen LogP contribution in [0.4, 0.5) is 0 Å². The van der Waals surface area contributed by atoms with Crippen LogP contribution in [0.15, 0.2) is 55.0 Å². The molecule has 7 nitrogen and oxygen atoms in total. The first-order valence-electron chi connectivity index (χ1n) is 9.90. The summed E-state index contributed by atoms with van der Waals surface area (Å²) in [4.78, 5) is 24.7. The molecule has 1 spiro atoms. The normalized spacial score (nSPS) is 23.4. The number of benzene rings is 1. The molecule has 3 aromatic heterocycles. The van der Waals surface area contributed by atoms with Crippen LogP contribution in [0.2, 0.25) is 0 Å². The lowest BCUT2D eigenvalue weighted by molar-refractivity contribution is -0.0313. The van der Waals surface area contributed by atoms with Gasteiger partial charge < -0.3 is 9.72 Å². The highest BCUT2D eigenvalue weighted by Crippen LogP contribution is 2.49. The Bertz CT molecular complexity index is 1190. The smallest absolute Gasteiger partial charge is 0.339 e. The van der Waals surface area contributed by atoms with E-state index in [2.05, 4.69) is 15.1 Å². The van der Waals surface area contributed by atoms with Gasteiger partial charge in [-0.05, 0) is 43.9 Å². The van der Waals surface area contributed by atoms with Crippen LogP contribution in [-0.4, -0.2) is 30.7 Å². The molecule has 0 amide bonds. The van der Waals surface area contributed by atoms with Crippen molar-refractivity contribution in [3.63, 3.8) is 0 Å². The molecule has 0 saturated heterocycles. The highest BCUT2D eigenvalue weighted by atomic mass is 16.6. The minimum atomic E-state index is -0.521. The molecule has 144 valence electrons. The molecule has 1 saturated carbocycles. The van der Waals surface area contributed by atoms with Crippen molar-refractivity contribution in [3.05, 3.63) is 71.9 Å². The van der Waals surface area contributed by atoms with Gasteiger partial charge >= 0.3 is 5.97 Å². The number of ether oxygens (including phenoxy) is 1. The summed E-state index contributed by atoms with van der Waals surface area (Å²) in [5.74, 6) is 1.04. The number of hydrogen-bond donors (Lipinski definition) is 1. The molecule has 1 aliphatic carbocycles. The molecule has 0 atom stereocenters. The largest absolute Gasteiger partial charge is 0.450 e. The van der Waals surface area contributed by atoms with Crippen molar-refractivity contribution in [2.75, 3.05) is 0 Å². The molecule has 4 aromatic rings. The van der Waals surface area contributed by atoms with Crippen molar-refractivity contribution in [1.82, 2.24) is 24.7 Å². The number of H-pyrrole nitrogens is 1. The molecule has 1 aromatic carbocycles. The first-order chi connectivity index (χ1) is 14.2. The summed E-state index contributed by atoms with van der Waals surface area (Å²) >= 11 is 0. The third kappa shape index (κ3) is 2.50. The summed E-state index contributed by atoms with van der Waals surface area (Å²) in [7, 11) is 0. The summed E-state index contributed by atoms with van der Waals surface area (Å²) in [5.41, 5.74) is 3.75. The van der Waals surface area contributed by atoms with Crippen molar-refractivity contribution >= 4 is 17.1 Å². The van der Waals surface area contributed by atoms with E-state index in [0.29, 0.717) is 11.5 Å². The molecule has 0 radical (unpaired) electrons. The molecular weight excluding hydrogens is 366 g/mol. The standard InChI is InChI=1S/C22H19N5O2/c28-21-16-8-11-23-12-17(16)22(29-21)9-6-14(7-10-22)19-24-18-13-27(26-20(18)25-19)15-4-2-1-3-5-15/h1-5,8,11-14H,6-7,9-10H2,(H,24,25,26)/t14-,22+. The summed E-state index contributed by atoms with van der Waals surface area (Å²) < 4.78 is 7.67. The molecule has 2 aliphatic rings. The Hall–Kier alpha value is -3.48. The van der Waals surface area contributed by atoms with Gasteiger partial charge in [-0.25, -0.2) is 14.5 Å². The van der Waals surface area contributed by atoms with E-state index in [4.69, 9.17) is 9.72 Å². The Morgan fingerprint density at radius 2 is 1.97 bits per heavy atom. The van der Waals surface area contributed by atoms with Crippen molar-refractivity contribution in [3.8, 4) is 5.69 Å². The van der Waals surface area contributed by atoms with Gasteiger partial charge in [-0.1, -0.05) is 18.2 Å². The number of rotatable bonds is 2. The second kappa shape index (κ2) is 6.01. The Kier molecular flexibility index (Phi) is 3.41. The average molecular weight is 385 g/mol. The molecule has 7 heteroatoms. The van der Waals surface area contributed by atoms with Gasteiger partial charge in [-0.3, -0.25) is 4.98 Å². The molecule has 1 fully saturated rings. The number of nitrogens with zero attached hydrogens (tertiary/aromatic N) is 4. The number of aromatic nitrogens is 5. The minimum absolute atomic E-state index is 0.229. The molecule has 1 aliphatic heterocycles. The van der Waals surface area contributed by atoms with Crippen LogP contribution in [0.3, 0.4) is 0 Å². The molecule has 6 rings (SSSR count). The monoisotopic (exact) mass is 385 g/mol. The highest BCUT2D eigenvalue weighted by molar-refractivity contribution is 5.94. The summed E-state index contributed by atoms with van der Waals surface area (Å²) in [6.07, 6.45) is 8.77. The molecule has 0 bridgehead atoms. The number of para-hydroxylation sites is 1. The van der Waals surface area contributed by atoms with E-state index in [0.717, 1.165) is 53.9 Å². The van der Waals surface area contributed by atoms with Gasteiger partial charge in [0, 0.05) is 23.9 Å². The maximum absolute atomic E-state index is 12.2. The van der Waals surface area contributed by atoms with E-state index in [-0.39, 0.29) is 5.97 Å². The number of nitrogens with one attached hydrogen (secondary N) is 1. The zero-order chi connectivity index (χ0) is 19.4. The summed E-state index contributed by atoms with van der Waals surface area (Å²) in [6.45, 7) is 0. The quantitative estimate of drug-likeness (QED) is 0.530. The van der Waals surface area contributed by atoms with Crippen LogP contribution in [0.1, 0.15) is 53.3 Å². The fourth-order valence-corrected chi connectivity index (χ4v) is 4.67. The number of imidazole rings is 1. The number of hydrogen-bond acceptors (Lipinski definition) is 5. The number of carbonyl (C=O) groups is 1. The topological polar surface area (TPSA) is 85.7 Å². The minimum Gasteiger partial charge on any atom is -0.450 e. The molecule has 4 heterocycles. The Labute approximate surface area is 166 Å². The zero-order valence-corrected chi connectivity index (χ0v) is 15.7. The SMILES string of the molecule is O=C1O[C@]2(CC[C@@H](c3nc4nn(-c5ccccc5)cc4[nH]3)CC2)c2cnccc21. The maximum atomic E-state index is 12.2. The van der Waals surface area contributed by atoms with Crippen LogP contribution in [0, 0.1) is 0 Å². The Morgan fingerprint density at radius 1 is 1.14 bits per heavy atom. The van der Waals surface area contributed by atoms with E-state index in [1.807, 2.05) is 41.2 Å². The van der Waals surface area contributed by atoms with Crippen LogP contribution < -0.4 is 0 Å². The number of pyridine rings is 1. The van der Waals surface area contributed by atoms with E-state index < -0.39 is 5.60 Å². The Balaban J connectivity index is 1.24. The van der Waals surface area contributed by atoms with Gasteiger partial charge in [0.05, 0.1) is 17.4 Å². The van der Waals surface area contributed by atoms with Crippen LogP contribution >= 0.6 is 0 Å². The highest BCUT2D eigenvalue weighted by Gasteiger charge is 2.48. The molecular formula is C22H19N5O2. The van der Waals surface area contributed by atoms with Gasteiger partial charge in [-0.2, -0.15) is 0 Å². The lowest BCUT2D eigenvalue weighted by Crippen LogP contribution is -2.31. The van der Waals surface area contributed by atoms with Gasteiger partial charge in [0.25, 0.3) is 0 Å². The predicted octanol–water partition coefficient (Wildman–Crippen LogP) is 3.87. The Morgan fingerprint density at radius 3 is 2.76 bits per heavy atom. The summed E-state index contributed by atoms with van der Waals surface area (Å²) in [5, 5.41) is 4.61. The van der Waals surface area contributed by atoms with E-state index in [1.165, 1.54) is 0 Å². The fourth-order valence-electron chi connectivity index (χ4n) is 4.67. The number of aromatic amines is 1. The maximum Gasteiger partial charge on any atom is 0.339 e. The first kappa shape index (κ1) is 16.5. The third-order valence-corrected chi connectivity index (χ3v) is 6.20. The van der Waals surface area contributed by atoms with Crippen molar-refractivity contribution < 1.29 is 9.53 Å². The lowest BCUT2D eigenvalue weighted by atomic mass is 9.75. The van der Waals surface area contributed by atoms with Gasteiger partial charge in [0.2, 0.25) is 0 Å². The number of fused-ring (bicyclic) bond motifs is 3. The lowest BCUT2D eigenvalue weighted by Gasteiger charge is -2.35.